The number of nitrogens with two attached hydrogens (primary N) is 1. The highest BCUT2D eigenvalue weighted by atomic mass is 16.4. The molecule has 6 atom stereocenters. The minimum Gasteiger partial charge on any atom is -0.478 e. The third-order valence-corrected chi connectivity index (χ3v) is 9.95. The van der Waals surface area contributed by atoms with Crippen LogP contribution in [0.25, 0.3) is 0 Å². The van der Waals surface area contributed by atoms with Crippen molar-refractivity contribution in [3.05, 3.63) is 11.6 Å². The van der Waals surface area contributed by atoms with Crippen LogP contribution in [0.1, 0.15) is 97.3 Å². The van der Waals surface area contributed by atoms with E-state index < -0.39 is 11.9 Å². The molecule has 36 heavy (non-hydrogen) atoms. The van der Waals surface area contributed by atoms with Crippen molar-refractivity contribution < 1.29 is 29.8 Å². The molecular weight excluding hydrogens is 460 g/mol. The lowest BCUT2D eigenvalue weighted by atomic mass is 9.45. The van der Waals surface area contributed by atoms with Crippen LogP contribution in [0.15, 0.2) is 16.8 Å². The number of unbranched alkanes of at least 4 members (excludes halogenated alkanes) is 2. The van der Waals surface area contributed by atoms with Crippen LogP contribution in [0.5, 0.6) is 0 Å². The first-order chi connectivity index (χ1) is 17.1. The lowest BCUT2D eigenvalue weighted by molar-refractivity contribution is -0.135. The van der Waals surface area contributed by atoms with E-state index in [0.29, 0.717) is 41.9 Å². The Morgan fingerprint density at radius 3 is 2.44 bits per heavy atom. The summed E-state index contributed by atoms with van der Waals surface area (Å²) >= 11 is 0. The number of Topliss-reactive ketones (excluding diaryl/α,β-unsaturated/α-hetero) is 1. The van der Waals surface area contributed by atoms with Gasteiger partial charge in [0.1, 0.15) is 5.78 Å². The zero-order chi connectivity index (χ0) is 26.5. The Kier molecular flexibility index (Phi) is 9.36. The molecule has 0 aliphatic heterocycles. The van der Waals surface area contributed by atoms with Crippen LogP contribution < -0.4 is 5.73 Å². The second-order valence-corrected chi connectivity index (χ2v) is 11.8. The van der Waals surface area contributed by atoms with Gasteiger partial charge in [0.25, 0.3) is 0 Å². The minimum atomic E-state index is -1.22. The normalized spacial score (nSPS) is 36.8. The van der Waals surface area contributed by atoms with Gasteiger partial charge in [-0.25, -0.2) is 9.59 Å². The zero-order valence-corrected chi connectivity index (χ0v) is 21.9. The molecule has 4 saturated carbocycles. The van der Waals surface area contributed by atoms with Crippen molar-refractivity contribution in [2.45, 2.75) is 97.3 Å². The number of fused-ring (bicyclic) bond motifs is 5. The molecule has 202 valence electrons. The topological polar surface area (TPSA) is 150 Å². The molecule has 8 heteroatoms. The second-order valence-electron chi connectivity index (χ2n) is 11.8. The van der Waals surface area contributed by atoms with Crippen LogP contribution in [0, 0.1) is 34.5 Å². The van der Waals surface area contributed by atoms with E-state index in [4.69, 9.17) is 15.9 Å². The molecule has 0 heterocycles. The summed E-state index contributed by atoms with van der Waals surface area (Å²) in [6, 6.07) is 0. The third kappa shape index (κ3) is 5.68. The molecule has 5 N–H and O–H groups in total. The molecule has 0 aromatic carbocycles. The summed E-state index contributed by atoms with van der Waals surface area (Å²) in [4.78, 5) is 33.2. The van der Waals surface area contributed by atoms with Crippen molar-refractivity contribution in [1.82, 2.24) is 0 Å². The Labute approximate surface area is 214 Å². The monoisotopic (exact) mass is 504 g/mol. The molecule has 0 saturated heterocycles. The molecule has 8 nitrogen and oxygen atoms in total. The van der Waals surface area contributed by atoms with E-state index in [1.807, 2.05) is 0 Å². The number of ketones is 1. The Morgan fingerprint density at radius 1 is 1.06 bits per heavy atom. The predicted octanol–water partition coefficient (Wildman–Crippen LogP) is 5.03. The fourth-order valence-electron chi connectivity index (χ4n) is 8.03. The molecule has 0 spiro atoms. The Bertz CT molecular complexity index is 898. The van der Waals surface area contributed by atoms with Gasteiger partial charge in [0.15, 0.2) is 0 Å². The van der Waals surface area contributed by atoms with Gasteiger partial charge in [-0.3, -0.25) is 4.79 Å². The van der Waals surface area contributed by atoms with Crippen LogP contribution >= 0.6 is 0 Å². The summed E-state index contributed by atoms with van der Waals surface area (Å²) in [5, 5.41) is 30.4. The molecule has 1 unspecified atom stereocenters. The van der Waals surface area contributed by atoms with E-state index in [2.05, 4.69) is 19.0 Å². The maximum atomic E-state index is 12.4. The van der Waals surface area contributed by atoms with Gasteiger partial charge in [0, 0.05) is 29.4 Å². The van der Waals surface area contributed by atoms with Crippen LogP contribution in [-0.2, 0) is 14.4 Å². The number of oxime groups is 1. The highest BCUT2D eigenvalue weighted by molar-refractivity contribution is 5.94. The Hall–Kier alpha value is -2.22. The van der Waals surface area contributed by atoms with Crippen LogP contribution in [0.3, 0.4) is 0 Å². The van der Waals surface area contributed by atoms with Crippen molar-refractivity contribution >= 4 is 23.4 Å². The quantitative estimate of drug-likeness (QED) is 0.164. The number of carboxylic acid groups (broad SMARTS) is 2. The molecule has 0 amide bonds. The highest BCUT2D eigenvalue weighted by Crippen LogP contribution is 2.64. The van der Waals surface area contributed by atoms with E-state index in [1.54, 1.807) is 0 Å². The van der Waals surface area contributed by atoms with E-state index in [9.17, 15) is 19.6 Å². The third-order valence-electron chi connectivity index (χ3n) is 9.95. The first-order valence-electron chi connectivity index (χ1n) is 13.7. The van der Waals surface area contributed by atoms with Gasteiger partial charge in [0.05, 0.1) is 5.71 Å². The van der Waals surface area contributed by atoms with E-state index in [-0.39, 0.29) is 17.4 Å². The van der Waals surface area contributed by atoms with Gasteiger partial charge in [-0.1, -0.05) is 38.3 Å². The van der Waals surface area contributed by atoms with Crippen molar-refractivity contribution in [1.29, 1.82) is 0 Å². The average molecular weight is 505 g/mol. The number of rotatable bonds is 7. The smallest absolute Gasteiger partial charge is 0.331 e. The summed E-state index contributed by atoms with van der Waals surface area (Å²) < 4.78 is 0. The number of hydrogen-bond acceptors (Lipinski definition) is 6. The molecule has 4 fully saturated rings. The van der Waals surface area contributed by atoms with Crippen molar-refractivity contribution in [3.8, 4) is 0 Å². The zero-order valence-electron chi connectivity index (χ0n) is 21.9. The number of carbonyl (C=O) groups is 3. The van der Waals surface area contributed by atoms with E-state index in [1.165, 1.54) is 32.1 Å². The van der Waals surface area contributed by atoms with Gasteiger partial charge in [-0.15, -0.1) is 0 Å². The lowest BCUT2D eigenvalue weighted by Crippen LogP contribution is -2.55. The maximum absolute atomic E-state index is 12.4. The molecule has 4 rings (SSSR count). The Morgan fingerprint density at radius 2 is 1.81 bits per heavy atom. The van der Waals surface area contributed by atoms with Crippen molar-refractivity contribution in [2.75, 3.05) is 6.54 Å². The number of carboxylic acids is 2. The molecule has 4 aliphatic rings. The summed E-state index contributed by atoms with van der Waals surface area (Å²) in [7, 11) is 0. The number of hydrogen-bond donors (Lipinski definition) is 4. The summed E-state index contributed by atoms with van der Waals surface area (Å²) in [6.07, 6.45) is 13.5. The standard InChI is InChI=1S/C19H29NO2.C9H15NO4/c1-18-9-4-3-5-15(18)16(20-22)11-12-13-6-7-17(21)19(13,2)10-8-14(12)18;10-5-3-1-2-4-7(9(13)14)6-8(11)12/h12-15,22H,3-11H2,1-2H3;6H,1-5,10H2,(H,11,12)(H,13,14)/b20-16+;7-6+/t12-,13-,14-,15?,18+,19-;/m0./s1. The molecular formula is C28H44N2O6. The molecule has 0 aromatic heterocycles. The largest absolute Gasteiger partial charge is 0.478 e. The minimum absolute atomic E-state index is 0.0606. The fourth-order valence-corrected chi connectivity index (χ4v) is 8.03. The molecule has 0 bridgehead atoms. The second kappa shape index (κ2) is 11.9. The molecule has 0 aromatic rings. The Balaban J connectivity index is 0.000000226. The molecule has 4 aliphatic carbocycles. The number of nitrogens with zero attached hydrogens (tertiary/aromatic N) is 1. The molecule has 0 radical (unpaired) electrons. The lowest BCUT2D eigenvalue weighted by Gasteiger charge is -2.59. The van der Waals surface area contributed by atoms with Crippen LogP contribution in [0.4, 0.5) is 0 Å². The average Bonchev–Trinajstić information content (AvgIpc) is 3.14. The van der Waals surface area contributed by atoms with E-state index in [0.717, 1.165) is 56.2 Å². The highest BCUT2D eigenvalue weighted by Gasteiger charge is 2.61. The first kappa shape index (κ1) is 28.4. The number of aliphatic carboxylic acids is 2. The summed E-state index contributed by atoms with van der Waals surface area (Å²) in [6.45, 7) is 5.25. The van der Waals surface area contributed by atoms with Gasteiger partial charge in [0.2, 0.25) is 0 Å². The summed E-state index contributed by atoms with van der Waals surface area (Å²) in [5.41, 5.74) is 6.47. The predicted molar refractivity (Wildman–Crippen MR) is 137 cm³/mol. The van der Waals surface area contributed by atoms with Gasteiger partial charge in [-0.2, -0.15) is 0 Å². The van der Waals surface area contributed by atoms with Crippen LogP contribution in [0.2, 0.25) is 0 Å². The van der Waals surface area contributed by atoms with Gasteiger partial charge >= 0.3 is 11.9 Å². The fraction of sp³-hybridized carbons (Fsp3) is 0.786. The van der Waals surface area contributed by atoms with Crippen molar-refractivity contribution in [2.24, 2.45) is 45.4 Å². The maximum Gasteiger partial charge on any atom is 0.331 e. The van der Waals surface area contributed by atoms with Crippen LogP contribution in [-0.4, -0.2) is 45.4 Å². The van der Waals surface area contributed by atoms with Gasteiger partial charge in [-0.05, 0) is 87.5 Å². The van der Waals surface area contributed by atoms with E-state index >= 15 is 0 Å². The van der Waals surface area contributed by atoms with Gasteiger partial charge < -0.3 is 21.2 Å². The number of carbonyl (C=O) groups excluding carboxylic acids is 1. The van der Waals surface area contributed by atoms with Crippen molar-refractivity contribution in [3.63, 3.8) is 0 Å². The SMILES string of the molecule is C[C@]12CCCCC1/C(=N/O)C[C@@H]1[C@@H]2CC[C@]2(C)C(=O)CC[C@@H]12.NCCCCC/C(=C\C(=O)O)C(=O)O. The summed E-state index contributed by atoms with van der Waals surface area (Å²) in [5.74, 6) is 0.405. The first-order valence-corrected chi connectivity index (χ1v) is 13.7.